The van der Waals surface area contributed by atoms with E-state index in [0.29, 0.717) is 0 Å². The molecule has 0 aliphatic heterocycles. The number of aryl methyl sites for hydroxylation is 3. The first-order chi connectivity index (χ1) is 22.1. The van der Waals surface area contributed by atoms with Crippen LogP contribution in [0.1, 0.15) is 172 Å². The van der Waals surface area contributed by atoms with Crippen molar-refractivity contribution in [2.45, 2.75) is 175 Å². The Morgan fingerprint density at radius 1 is 0.578 bits per heavy atom. The van der Waals surface area contributed by atoms with Crippen molar-refractivity contribution in [3.8, 4) is 0 Å². The lowest BCUT2D eigenvalue weighted by Crippen LogP contribution is -2.00. The monoisotopic (exact) mass is 613 g/mol. The maximum Gasteiger partial charge on any atom is 0.0665 e. The molecule has 0 N–H and O–H groups in total. The average molecular weight is 613 g/mol. The lowest BCUT2D eigenvalue weighted by molar-refractivity contribution is 0.530. The van der Waals surface area contributed by atoms with Crippen LogP contribution in [-0.2, 0) is 6.42 Å². The zero-order valence-corrected chi connectivity index (χ0v) is 29.9. The largest absolute Gasteiger partial charge is 0.255 e. The summed E-state index contributed by atoms with van der Waals surface area (Å²) in [7, 11) is 0. The molecule has 0 radical (unpaired) electrons. The van der Waals surface area contributed by atoms with E-state index in [1.807, 2.05) is 6.21 Å². The summed E-state index contributed by atoms with van der Waals surface area (Å²) in [4.78, 5) is 9.89. The molecule has 0 saturated heterocycles. The minimum atomic E-state index is 0.960. The van der Waals surface area contributed by atoms with E-state index in [4.69, 9.17) is 9.98 Å². The van der Waals surface area contributed by atoms with Crippen LogP contribution in [-0.4, -0.2) is 11.9 Å². The number of hydrogen-bond acceptors (Lipinski definition) is 2. The van der Waals surface area contributed by atoms with Gasteiger partial charge in [0.1, 0.15) is 0 Å². The molecule has 45 heavy (non-hydrogen) atoms. The van der Waals surface area contributed by atoms with E-state index in [1.165, 1.54) is 132 Å². The molecular formula is C43H68N2. The molecule has 0 fully saturated rings. The van der Waals surface area contributed by atoms with Gasteiger partial charge in [-0.25, -0.2) is 0 Å². The van der Waals surface area contributed by atoms with Gasteiger partial charge in [-0.05, 0) is 93.7 Å². The molecule has 2 heteroatoms. The molecule has 0 atom stereocenters. The van der Waals surface area contributed by atoms with Gasteiger partial charge in [-0.15, -0.1) is 0 Å². The van der Waals surface area contributed by atoms with Crippen molar-refractivity contribution in [3.05, 3.63) is 71.3 Å². The average Bonchev–Trinajstić information content (AvgIpc) is 3.05. The zero-order chi connectivity index (χ0) is 32.2. The number of benzene rings is 2. The first-order valence-corrected chi connectivity index (χ1v) is 19.1. The van der Waals surface area contributed by atoms with Crippen LogP contribution in [0.2, 0.25) is 0 Å². The Labute approximate surface area is 279 Å². The van der Waals surface area contributed by atoms with E-state index in [9.17, 15) is 0 Å². The molecule has 0 bridgehead atoms. The predicted octanol–water partition coefficient (Wildman–Crippen LogP) is 14.5. The highest BCUT2D eigenvalue weighted by Crippen LogP contribution is 2.23. The van der Waals surface area contributed by atoms with Crippen LogP contribution in [0.25, 0.3) is 0 Å². The Hall–Kier alpha value is -2.48. The van der Waals surface area contributed by atoms with Crippen molar-refractivity contribution < 1.29 is 0 Å². The predicted molar refractivity (Wildman–Crippen MR) is 203 cm³/mol. The zero-order valence-electron chi connectivity index (χ0n) is 29.9. The normalized spacial score (nSPS) is 12.2. The standard InChI is InChI=1S/C43H68N2/c1-5-7-9-10-11-12-13-14-15-16-17-18-19-20-21-22-23-24-25-26-27-30-40-31-28-29-33-43(40)45-42(32-8-6-2)37-44-41-35-34-38(3)39(4)36-41/h24-25,28-29,31,33-37H,5-23,26-27,30,32H2,1-4H3/b25-24+,44-37?,45-42?. The molecule has 0 aliphatic carbocycles. The third-order valence-corrected chi connectivity index (χ3v) is 9.10. The topological polar surface area (TPSA) is 24.7 Å². The van der Waals surface area contributed by atoms with Crippen molar-refractivity contribution in [1.82, 2.24) is 0 Å². The minimum absolute atomic E-state index is 0.960. The summed E-state index contributed by atoms with van der Waals surface area (Å²) < 4.78 is 0. The molecule has 2 rings (SSSR count). The summed E-state index contributed by atoms with van der Waals surface area (Å²) >= 11 is 0. The molecule has 2 aromatic rings. The van der Waals surface area contributed by atoms with Gasteiger partial charge in [0.15, 0.2) is 0 Å². The maximum absolute atomic E-state index is 5.11. The first-order valence-electron chi connectivity index (χ1n) is 19.1. The van der Waals surface area contributed by atoms with Gasteiger partial charge < -0.3 is 0 Å². The second-order valence-electron chi connectivity index (χ2n) is 13.3. The smallest absolute Gasteiger partial charge is 0.0665 e. The number of hydrogen-bond donors (Lipinski definition) is 0. The Balaban J connectivity index is 1.59. The second-order valence-corrected chi connectivity index (χ2v) is 13.3. The molecule has 0 unspecified atom stereocenters. The van der Waals surface area contributed by atoms with Crippen LogP contribution in [0.15, 0.2) is 64.6 Å². The van der Waals surface area contributed by atoms with Crippen molar-refractivity contribution >= 4 is 23.3 Å². The highest BCUT2D eigenvalue weighted by molar-refractivity contribution is 6.31. The molecule has 2 aromatic carbocycles. The minimum Gasteiger partial charge on any atom is -0.255 e. The van der Waals surface area contributed by atoms with E-state index in [1.54, 1.807) is 0 Å². The molecule has 0 saturated carbocycles. The Morgan fingerprint density at radius 2 is 1.13 bits per heavy atom. The summed E-state index contributed by atoms with van der Waals surface area (Å²) in [5, 5.41) is 0. The van der Waals surface area contributed by atoms with Gasteiger partial charge in [0.25, 0.3) is 0 Å². The van der Waals surface area contributed by atoms with Crippen molar-refractivity contribution in [2.75, 3.05) is 0 Å². The molecule has 0 aromatic heterocycles. The van der Waals surface area contributed by atoms with Gasteiger partial charge in [-0.2, -0.15) is 0 Å². The van der Waals surface area contributed by atoms with E-state index >= 15 is 0 Å². The molecule has 250 valence electrons. The van der Waals surface area contributed by atoms with Gasteiger partial charge in [0.05, 0.1) is 17.1 Å². The number of nitrogens with zero attached hydrogens (tertiary/aromatic N) is 2. The van der Waals surface area contributed by atoms with E-state index < -0.39 is 0 Å². The molecule has 0 amide bonds. The fraction of sp³-hybridized carbons (Fsp3) is 0.628. The van der Waals surface area contributed by atoms with Crippen LogP contribution in [0.3, 0.4) is 0 Å². The number of rotatable bonds is 27. The molecule has 0 spiro atoms. The lowest BCUT2D eigenvalue weighted by Gasteiger charge is -2.07. The third-order valence-electron chi connectivity index (χ3n) is 9.10. The van der Waals surface area contributed by atoms with Crippen LogP contribution in [0, 0.1) is 13.8 Å². The summed E-state index contributed by atoms with van der Waals surface area (Å²) in [6, 6.07) is 15.1. The lowest BCUT2D eigenvalue weighted by atomic mass is 10.0. The first kappa shape index (κ1) is 38.7. The Bertz CT molecular complexity index is 1090. The number of allylic oxidation sites excluding steroid dienone is 2. The second kappa shape index (κ2) is 26.7. The van der Waals surface area contributed by atoms with Crippen LogP contribution in [0.4, 0.5) is 11.4 Å². The summed E-state index contributed by atoms with van der Waals surface area (Å²) in [6.45, 7) is 8.83. The van der Waals surface area contributed by atoms with Crippen molar-refractivity contribution in [2.24, 2.45) is 9.98 Å². The summed E-state index contributed by atoms with van der Waals surface area (Å²) in [5.74, 6) is 0. The number of unbranched alkanes of at least 4 members (excludes halogenated alkanes) is 18. The van der Waals surface area contributed by atoms with E-state index in [-0.39, 0.29) is 0 Å². The van der Waals surface area contributed by atoms with Gasteiger partial charge in [-0.1, -0.05) is 153 Å². The van der Waals surface area contributed by atoms with E-state index in [0.717, 1.165) is 49.2 Å². The van der Waals surface area contributed by atoms with Crippen LogP contribution < -0.4 is 0 Å². The summed E-state index contributed by atoms with van der Waals surface area (Å²) in [5.41, 5.74) is 7.10. The van der Waals surface area contributed by atoms with Crippen molar-refractivity contribution in [3.63, 3.8) is 0 Å². The maximum atomic E-state index is 5.11. The molecule has 0 heterocycles. The highest BCUT2D eigenvalue weighted by atomic mass is 14.8. The SMILES string of the molecule is CCCCCCCCCCCCCCCCCC/C=C/CCCc1ccccc1N=C(C=Nc1ccc(C)c(C)c1)CCCC. The van der Waals surface area contributed by atoms with Gasteiger partial charge in [-0.3, -0.25) is 9.98 Å². The fourth-order valence-electron chi connectivity index (χ4n) is 5.90. The molecule has 0 aliphatic rings. The number of aliphatic imine (C=N–C) groups is 2. The Morgan fingerprint density at radius 3 is 1.73 bits per heavy atom. The van der Waals surface area contributed by atoms with Crippen LogP contribution in [0.5, 0.6) is 0 Å². The Kier molecular flexibility index (Phi) is 23.0. The fourth-order valence-corrected chi connectivity index (χ4v) is 5.90. The van der Waals surface area contributed by atoms with Gasteiger partial charge >= 0.3 is 0 Å². The van der Waals surface area contributed by atoms with Gasteiger partial charge in [0.2, 0.25) is 0 Å². The highest BCUT2D eigenvalue weighted by Gasteiger charge is 2.04. The number of para-hydroxylation sites is 1. The molecular weight excluding hydrogens is 544 g/mol. The van der Waals surface area contributed by atoms with Gasteiger partial charge in [0, 0.05) is 6.21 Å². The quantitative estimate of drug-likeness (QED) is 0.0545. The van der Waals surface area contributed by atoms with Crippen LogP contribution >= 0.6 is 0 Å². The summed E-state index contributed by atoms with van der Waals surface area (Å²) in [6.07, 6.45) is 37.6. The van der Waals surface area contributed by atoms with E-state index in [2.05, 4.69) is 82.3 Å². The molecule has 2 nitrogen and oxygen atoms in total. The third kappa shape index (κ3) is 19.6. The van der Waals surface area contributed by atoms with Crippen molar-refractivity contribution in [1.29, 1.82) is 0 Å².